The zero-order valence-electron chi connectivity index (χ0n) is 12.7. The molecule has 1 fully saturated rings. The highest BCUT2D eigenvalue weighted by Crippen LogP contribution is 2.16. The van der Waals surface area contributed by atoms with Gasteiger partial charge in [0.15, 0.2) is 0 Å². The van der Waals surface area contributed by atoms with Gasteiger partial charge in [-0.15, -0.1) is 0 Å². The molecule has 0 aliphatic carbocycles. The fraction of sp³-hybridized carbons (Fsp3) is 0.647. The van der Waals surface area contributed by atoms with Crippen molar-refractivity contribution in [3.8, 4) is 5.75 Å². The maximum absolute atomic E-state index is 10.1. The summed E-state index contributed by atoms with van der Waals surface area (Å²) in [7, 11) is 0. The summed E-state index contributed by atoms with van der Waals surface area (Å²) >= 11 is 0. The Kier molecular flexibility index (Phi) is 5.86. The van der Waals surface area contributed by atoms with Crippen LogP contribution in [0, 0.1) is 5.92 Å². The first-order chi connectivity index (χ1) is 9.67. The first kappa shape index (κ1) is 15.3. The van der Waals surface area contributed by atoms with Crippen LogP contribution in [0.4, 0.5) is 0 Å². The Balaban J connectivity index is 1.75. The molecular weight excluding hydrogens is 250 g/mol. The molecule has 1 aliphatic rings. The minimum absolute atomic E-state index is 0.373. The number of likely N-dealkylation sites (tertiary alicyclic amines) is 1. The Morgan fingerprint density at radius 2 is 2.30 bits per heavy atom. The Morgan fingerprint density at radius 1 is 1.45 bits per heavy atom. The van der Waals surface area contributed by atoms with Crippen molar-refractivity contribution in [2.75, 3.05) is 26.2 Å². The predicted octanol–water partition coefficient (Wildman–Crippen LogP) is 2.72. The van der Waals surface area contributed by atoms with Gasteiger partial charge in [0, 0.05) is 13.1 Å². The third-order valence-corrected chi connectivity index (χ3v) is 3.96. The summed E-state index contributed by atoms with van der Waals surface area (Å²) in [5.41, 5.74) is 1.27. The summed E-state index contributed by atoms with van der Waals surface area (Å²) in [4.78, 5) is 2.35. The van der Waals surface area contributed by atoms with Crippen molar-refractivity contribution in [3.63, 3.8) is 0 Å². The van der Waals surface area contributed by atoms with Gasteiger partial charge in [-0.3, -0.25) is 0 Å². The SMILES string of the molecule is CCc1cccc(OCC(O)CN2CCCC(C)C2)c1. The number of piperidine rings is 1. The van der Waals surface area contributed by atoms with Crippen molar-refractivity contribution < 1.29 is 9.84 Å². The molecule has 3 nitrogen and oxygen atoms in total. The number of benzene rings is 1. The monoisotopic (exact) mass is 277 g/mol. The molecule has 20 heavy (non-hydrogen) atoms. The van der Waals surface area contributed by atoms with Gasteiger partial charge in [0.25, 0.3) is 0 Å². The van der Waals surface area contributed by atoms with Crippen LogP contribution in [0.1, 0.15) is 32.3 Å². The van der Waals surface area contributed by atoms with Gasteiger partial charge in [-0.25, -0.2) is 0 Å². The summed E-state index contributed by atoms with van der Waals surface area (Å²) in [6, 6.07) is 8.11. The number of aliphatic hydroxyl groups is 1. The molecule has 1 saturated heterocycles. The van der Waals surface area contributed by atoms with Gasteiger partial charge in [-0.05, 0) is 49.4 Å². The molecule has 1 N–H and O–H groups in total. The van der Waals surface area contributed by atoms with E-state index in [1.54, 1.807) is 0 Å². The van der Waals surface area contributed by atoms with Crippen molar-refractivity contribution in [1.82, 2.24) is 4.90 Å². The standard InChI is InChI=1S/C17H27NO2/c1-3-15-7-4-8-17(10-15)20-13-16(19)12-18-9-5-6-14(2)11-18/h4,7-8,10,14,16,19H,3,5-6,9,11-13H2,1-2H3. The van der Waals surface area contributed by atoms with E-state index in [9.17, 15) is 5.11 Å². The van der Waals surface area contributed by atoms with Crippen LogP contribution in [-0.2, 0) is 6.42 Å². The van der Waals surface area contributed by atoms with E-state index in [1.807, 2.05) is 12.1 Å². The van der Waals surface area contributed by atoms with Crippen LogP contribution in [-0.4, -0.2) is 42.4 Å². The lowest BCUT2D eigenvalue weighted by Gasteiger charge is -2.32. The second kappa shape index (κ2) is 7.65. The van der Waals surface area contributed by atoms with Gasteiger partial charge in [0.1, 0.15) is 18.5 Å². The van der Waals surface area contributed by atoms with Gasteiger partial charge in [0.05, 0.1) is 0 Å². The van der Waals surface area contributed by atoms with Crippen LogP contribution in [0.15, 0.2) is 24.3 Å². The summed E-state index contributed by atoms with van der Waals surface area (Å²) in [6.07, 6.45) is 3.15. The van der Waals surface area contributed by atoms with Crippen molar-refractivity contribution in [3.05, 3.63) is 29.8 Å². The van der Waals surface area contributed by atoms with E-state index in [0.717, 1.165) is 37.7 Å². The van der Waals surface area contributed by atoms with Crippen LogP contribution in [0.2, 0.25) is 0 Å². The molecule has 0 bridgehead atoms. The van der Waals surface area contributed by atoms with E-state index in [1.165, 1.54) is 18.4 Å². The smallest absolute Gasteiger partial charge is 0.119 e. The van der Waals surface area contributed by atoms with Gasteiger partial charge in [-0.1, -0.05) is 26.0 Å². The highest BCUT2D eigenvalue weighted by molar-refractivity contribution is 5.28. The maximum Gasteiger partial charge on any atom is 0.119 e. The van der Waals surface area contributed by atoms with Crippen molar-refractivity contribution in [1.29, 1.82) is 0 Å². The van der Waals surface area contributed by atoms with Crippen molar-refractivity contribution in [2.45, 2.75) is 39.2 Å². The molecular formula is C17H27NO2. The van der Waals surface area contributed by atoms with Crippen LogP contribution < -0.4 is 4.74 Å². The minimum Gasteiger partial charge on any atom is -0.491 e. The van der Waals surface area contributed by atoms with E-state index in [2.05, 4.69) is 30.9 Å². The Bertz CT molecular complexity index is 408. The summed E-state index contributed by atoms with van der Waals surface area (Å²) in [5, 5.41) is 10.1. The quantitative estimate of drug-likeness (QED) is 0.868. The zero-order valence-corrected chi connectivity index (χ0v) is 12.7. The van der Waals surface area contributed by atoms with Gasteiger partial charge >= 0.3 is 0 Å². The van der Waals surface area contributed by atoms with E-state index < -0.39 is 6.10 Å². The van der Waals surface area contributed by atoms with Crippen molar-refractivity contribution >= 4 is 0 Å². The van der Waals surface area contributed by atoms with E-state index >= 15 is 0 Å². The highest BCUT2D eigenvalue weighted by Gasteiger charge is 2.19. The molecule has 1 aliphatic heterocycles. The molecule has 3 heteroatoms. The molecule has 0 amide bonds. The maximum atomic E-state index is 10.1. The number of β-amino-alcohol motifs (C(OH)–C–C–N with tert-alkyl or cyclic N) is 1. The Labute approximate surface area is 122 Å². The third kappa shape index (κ3) is 4.80. The number of nitrogens with zero attached hydrogens (tertiary/aromatic N) is 1. The minimum atomic E-state index is -0.411. The van der Waals surface area contributed by atoms with Crippen LogP contribution in [0.5, 0.6) is 5.75 Å². The predicted molar refractivity (Wildman–Crippen MR) is 82.2 cm³/mol. The molecule has 112 valence electrons. The Hall–Kier alpha value is -1.06. The fourth-order valence-corrected chi connectivity index (χ4v) is 2.85. The van der Waals surface area contributed by atoms with Gasteiger partial charge in [0.2, 0.25) is 0 Å². The van der Waals surface area contributed by atoms with Crippen LogP contribution in [0.3, 0.4) is 0 Å². The topological polar surface area (TPSA) is 32.7 Å². The Morgan fingerprint density at radius 3 is 3.05 bits per heavy atom. The number of ether oxygens (including phenoxy) is 1. The lowest BCUT2D eigenvalue weighted by atomic mass is 10.0. The first-order valence-electron chi connectivity index (χ1n) is 7.79. The van der Waals surface area contributed by atoms with E-state index in [0.29, 0.717) is 6.61 Å². The average molecular weight is 277 g/mol. The second-order valence-electron chi connectivity index (χ2n) is 5.97. The van der Waals surface area contributed by atoms with Crippen LogP contribution in [0.25, 0.3) is 0 Å². The third-order valence-electron chi connectivity index (χ3n) is 3.96. The molecule has 1 aromatic rings. The molecule has 0 spiro atoms. The molecule has 0 saturated carbocycles. The lowest BCUT2D eigenvalue weighted by molar-refractivity contribution is 0.0537. The average Bonchev–Trinajstić information content (AvgIpc) is 2.45. The molecule has 0 aromatic heterocycles. The van der Waals surface area contributed by atoms with Crippen molar-refractivity contribution in [2.24, 2.45) is 5.92 Å². The zero-order chi connectivity index (χ0) is 14.4. The molecule has 1 aromatic carbocycles. The number of aliphatic hydroxyl groups excluding tert-OH is 1. The largest absolute Gasteiger partial charge is 0.491 e. The fourth-order valence-electron chi connectivity index (χ4n) is 2.85. The molecule has 2 rings (SSSR count). The number of hydrogen-bond donors (Lipinski definition) is 1. The number of hydrogen-bond acceptors (Lipinski definition) is 3. The van der Waals surface area contributed by atoms with Gasteiger partial charge < -0.3 is 14.7 Å². The second-order valence-corrected chi connectivity index (χ2v) is 5.97. The summed E-state index contributed by atoms with van der Waals surface area (Å²) in [6.45, 7) is 7.71. The molecule has 1 heterocycles. The normalized spacial score (nSPS) is 21.6. The van der Waals surface area contributed by atoms with Crippen LogP contribution >= 0.6 is 0 Å². The number of aryl methyl sites for hydroxylation is 1. The first-order valence-corrected chi connectivity index (χ1v) is 7.79. The summed E-state index contributed by atoms with van der Waals surface area (Å²) in [5.74, 6) is 1.61. The lowest BCUT2D eigenvalue weighted by Crippen LogP contribution is -2.41. The highest BCUT2D eigenvalue weighted by atomic mass is 16.5. The van der Waals surface area contributed by atoms with Gasteiger partial charge in [-0.2, -0.15) is 0 Å². The van der Waals surface area contributed by atoms with E-state index in [-0.39, 0.29) is 0 Å². The molecule has 2 atom stereocenters. The summed E-state index contributed by atoms with van der Waals surface area (Å²) < 4.78 is 5.70. The van der Waals surface area contributed by atoms with E-state index in [4.69, 9.17) is 4.74 Å². The molecule has 2 unspecified atom stereocenters. The molecule has 0 radical (unpaired) electrons. The number of rotatable bonds is 6.